The second kappa shape index (κ2) is 4.50. The minimum absolute atomic E-state index is 0.250. The summed E-state index contributed by atoms with van der Waals surface area (Å²) in [5.74, 6) is -3.32. The molecule has 0 aliphatic heterocycles. The maximum absolute atomic E-state index is 12.3. The van der Waals surface area contributed by atoms with E-state index in [2.05, 4.69) is 4.74 Å². The summed E-state index contributed by atoms with van der Waals surface area (Å²) in [4.78, 5) is 11.6. The van der Waals surface area contributed by atoms with Crippen molar-refractivity contribution in [1.29, 1.82) is 0 Å². The summed E-state index contributed by atoms with van der Waals surface area (Å²) < 4.78 is 29.3. The minimum atomic E-state index is -2.78. The molecule has 5 heteroatoms. The van der Waals surface area contributed by atoms with Gasteiger partial charge in [-0.1, -0.05) is 6.07 Å². The Morgan fingerprint density at radius 2 is 2.36 bits per heavy atom. The van der Waals surface area contributed by atoms with Crippen LogP contribution in [-0.2, 0) is 4.74 Å². The van der Waals surface area contributed by atoms with Crippen LogP contribution in [0.15, 0.2) is 17.5 Å². The minimum Gasteiger partial charge on any atom is -0.461 e. The van der Waals surface area contributed by atoms with Gasteiger partial charge in [0.05, 0.1) is 6.61 Å². The Balaban J connectivity index is 2.30. The first kappa shape index (κ1) is 11.1. The van der Waals surface area contributed by atoms with E-state index in [0.29, 0.717) is 4.88 Å². The number of carbonyl (C=O) groups is 1. The van der Waals surface area contributed by atoms with Crippen LogP contribution in [0.5, 0.6) is 0 Å². The van der Waals surface area contributed by atoms with E-state index >= 15 is 0 Å². The molecule has 0 aromatic carbocycles. The van der Waals surface area contributed by atoms with Crippen LogP contribution in [-0.4, -0.2) is 18.5 Å². The highest BCUT2D eigenvalue weighted by molar-refractivity contribution is 7.11. The van der Waals surface area contributed by atoms with Gasteiger partial charge < -0.3 is 4.74 Å². The highest BCUT2D eigenvalue weighted by Crippen LogP contribution is 2.17. The second-order valence-electron chi connectivity index (χ2n) is 2.93. The molecule has 0 saturated carbocycles. The van der Waals surface area contributed by atoms with Gasteiger partial charge in [0.15, 0.2) is 0 Å². The van der Waals surface area contributed by atoms with Gasteiger partial charge in [-0.25, -0.2) is 13.6 Å². The first-order valence-electron chi connectivity index (χ1n) is 4.07. The number of rotatable bonds is 4. The van der Waals surface area contributed by atoms with E-state index in [1.807, 2.05) is 0 Å². The zero-order valence-electron chi connectivity index (χ0n) is 7.63. The number of halogens is 2. The molecule has 0 radical (unpaired) electrons. The summed E-state index contributed by atoms with van der Waals surface area (Å²) in [6.45, 7) is 0.548. The van der Waals surface area contributed by atoms with Crippen molar-refractivity contribution < 1.29 is 18.3 Å². The highest BCUT2D eigenvalue weighted by Gasteiger charge is 2.21. The van der Waals surface area contributed by atoms with Gasteiger partial charge in [-0.15, -0.1) is 11.3 Å². The summed E-state index contributed by atoms with van der Waals surface area (Å²) in [6.07, 6.45) is -0.440. The van der Waals surface area contributed by atoms with Crippen molar-refractivity contribution in [2.75, 3.05) is 6.61 Å². The van der Waals surface area contributed by atoms with Crippen molar-refractivity contribution in [3.63, 3.8) is 0 Å². The largest absolute Gasteiger partial charge is 0.461 e. The maximum atomic E-state index is 12.3. The van der Waals surface area contributed by atoms with Crippen molar-refractivity contribution in [1.82, 2.24) is 0 Å². The van der Waals surface area contributed by atoms with E-state index in [0.717, 1.165) is 6.92 Å². The van der Waals surface area contributed by atoms with Gasteiger partial charge in [0, 0.05) is 6.42 Å². The average molecular weight is 220 g/mol. The molecular weight excluding hydrogens is 210 g/mol. The Hall–Kier alpha value is -0.970. The van der Waals surface area contributed by atoms with Crippen molar-refractivity contribution in [2.45, 2.75) is 19.3 Å². The molecule has 0 aliphatic carbocycles. The summed E-state index contributed by atoms with van der Waals surface area (Å²) in [7, 11) is 0. The summed E-state index contributed by atoms with van der Waals surface area (Å²) in [5.41, 5.74) is 0. The molecule has 0 saturated heterocycles. The summed E-state index contributed by atoms with van der Waals surface area (Å²) in [6, 6.07) is 3.30. The standard InChI is InChI=1S/C9H10F2O2S/c1-9(10,11)4-5-13-8(12)7-3-2-6-14-7/h2-3,6H,4-5H2,1H3. The Labute approximate surface area is 84.5 Å². The van der Waals surface area contributed by atoms with E-state index in [4.69, 9.17) is 0 Å². The second-order valence-corrected chi connectivity index (χ2v) is 3.88. The molecule has 78 valence electrons. The molecule has 1 aromatic heterocycles. The molecule has 0 unspecified atom stereocenters. The highest BCUT2D eigenvalue weighted by atomic mass is 32.1. The smallest absolute Gasteiger partial charge is 0.348 e. The van der Waals surface area contributed by atoms with Crippen molar-refractivity contribution in [3.05, 3.63) is 22.4 Å². The molecular formula is C9H10F2O2S. The van der Waals surface area contributed by atoms with Crippen LogP contribution in [0.4, 0.5) is 8.78 Å². The Morgan fingerprint density at radius 1 is 1.64 bits per heavy atom. The molecule has 0 bridgehead atoms. The number of carbonyl (C=O) groups excluding carboxylic acids is 1. The SMILES string of the molecule is CC(F)(F)CCOC(=O)c1cccs1. The first-order valence-corrected chi connectivity index (χ1v) is 4.95. The number of alkyl halides is 2. The number of ether oxygens (including phenoxy) is 1. The lowest BCUT2D eigenvalue weighted by molar-refractivity contribution is -0.0108. The summed E-state index contributed by atoms with van der Waals surface area (Å²) >= 11 is 1.23. The van der Waals surface area contributed by atoms with Crippen LogP contribution in [0.1, 0.15) is 23.0 Å². The van der Waals surface area contributed by atoms with Crippen LogP contribution in [0.2, 0.25) is 0 Å². The molecule has 1 heterocycles. The van der Waals surface area contributed by atoms with E-state index in [-0.39, 0.29) is 6.61 Å². The molecule has 0 amide bonds. The Kier molecular flexibility index (Phi) is 3.57. The zero-order chi connectivity index (χ0) is 10.6. The average Bonchev–Trinajstić information content (AvgIpc) is 2.53. The quantitative estimate of drug-likeness (QED) is 0.729. The van der Waals surface area contributed by atoms with Gasteiger partial charge in [-0.05, 0) is 18.4 Å². The van der Waals surface area contributed by atoms with Crippen LogP contribution < -0.4 is 0 Å². The molecule has 0 fully saturated rings. The molecule has 1 rings (SSSR count). The third-order valence-corrected chi connectivity index (χ3v) is 2.35. The predicted molar refractivity (Wildman–Crippen MR) is 49.8 cm³/mol. The number of esters is 1. The molecule has 0 aliphatic rings. The van der Waals surface area contributed by atoms with Crippen LogP contribution in [0.25, 0.3) is 0 Å². The van der Waals surface area contributed by atoms with Crippen LogP contribution >= 0.6 is 11.3 Å². The Bertz CT molecular complexity index is 290. The number of hydrogen-bond acceptors (Lipinski definition) is 3. The summed E-state index contributed by atoms with van der Waals surface area (Å²) in [5, 5.41) is 1.73. The maximum Gasteiger partial charge on any atom is 0.348 e. The van der Waals surface area contributed by atoms with Gasteiger partial charge in [0.25, 0.3) is 0 Å². The predicted octanol–water partition coefficient (Wildman–Crippen LogP) is 2.95. The molecule has 2 nitrogen and oxygen atoms in total. The molecule has 1 aromatic rings. The normalized spacial score (nSPS) is 11.4. The lowest BCUT2D eigenvalue weighted by atomic mass is 10.3. The van der Waals surface area contributed by atoms with E-state index in [9.17, 15) is 13.6 Å². The van der Waals surface area contributed by atoms with Crippen molar-refractivity contribution >= 4 is 17.3 Å². The van der Waals surface area contributed by atoms with Gasteiger partial charge in [0.2, 0.25) is 5.92 Å². The third kappa shape index (κ3) is 3.83. The number of hydrogen-bond donors (Lipinski definition) is 0. The lowest BCUT2D eigenvalue weighted by Crippen LogP contribution is -2.15. The van der Waals surface area contributed by atoms with E-state index in [1.54, 1.807) is 17.5 Å². The lowest BCUT2D eigenvalue weighted by Gasteiger charge is -2.09. The van der Waals surface area contributed by atoms with Gasteiger partial charge in [0.1, 0.15) is 4.88 Å². The third-order valence-electron chi connectivity index (χ3n) is 1.50. The van der Waals surface area contributed by atoms with E-state index < -0.39 is 18.3 Å². The zero-order valence-corrected chi connectivity index (χ0v) is 8.44. The van der Waals surface area contributed by atoms with Crippen LogP contribution in [0.3, 0.4) is 0 Å². The van der Waals surface area contributed by atoms with Gasteiger partial charge in [-0.3, -0.25) is 0 Å². The molecule has 0 N–H and O–H groups in total. The van der Waals surface area contributed by atoms with Crippen molar-refractivity contribution in [3.8, 4) is 0 Å². The topological polar surface area (TPSA) is 26.3 Å². The van der Waals surface area contributed by atoms with Crippen LogP contribution in [0, 0.1) is 0 Å². The fraction of sp³-hybridized carbons (Fsp3) is 0.444. The molecule has 14 heavy (non-hydrogen) atoms. The first-order chi connectivity index (χ1) is 6.49. The molecule has 0 atom stereocenters. The molecule has 0 spiro atoms. The monoisotopic (exact) mass is 220 g/mol. The van der Waals surface area contributed by atoms with E-state index in [1.165, 1.54) is 11.3 Å². The van der Waals surface area contributed by atoms with Gasteiger partial charge >= 0.3 is 5.97 Å². The number of thiophene rings is 1. The fourth-order valence-corrected chi connectivity index (χ4v) is 1.40. The van der Waals surface area contributed by atoms with Crippen molar-refractivity contribution in [2.24, 2.45) is 0 Å². The van der Waals surface area contributed by atoms with Gasteiger partial charge in [-0.2, -0.15) is 0 Å². The Morgan fingerprint density at radius 3 is 2.86 bits per heavy atom. The fourth-order valence-electron chi connectivity index (χ4n) is 0.789.